The fourth-order valence-corrected chi connectivity index (χ4v) is 2.94. The van der Waals surface area contributed by atoms with Crippen LogP contribution in [0.25, 0.3) is 11.3 Å². The summed E-state index contributed by atoms with van der Waals surface area (Å²) in [6.45, 7) is 0.570. The summed E-state index contributed by atoms with van der Waals surface area (Å²) in [6, 6.07) is 20.1. The summed E-state index contributed by atoms with van der Waals surface area (Å²) < 4.78 is 5.75. The van der Waals surface area contributed by atoms with Crippen molar-refractivity contribution in [3.63, 3.8) is 0 Å². The number of primary amides is 1. The van der Waals surface area contributed by atoms with Gasteiger partial charge in [-0.3, -0.25) is 9.59 Å². The number of carbonyl (C=O) groups excluding carboxylic acids is 2. The van der Waals surface area contributed by atoms with Crippen molar-refractivity contribution in [1.82, 2.24) is 4.90 Å². The molecule has 2 N–H and O–H groups in total. The topological polar surface area (TPSA) is 76.5 Å². The molecule has 0 unspecified atom stereocenters. The summed E-state index contributed by atoms with van der Waals surface area (Å²) in [6.07, 6.45) is 0.0800. The second-order valence-corrected chi connectivity index (χ2v) is 6.48. The lowest BCUT2D eigenvalue weighted by Gasteiger charge is -2.21. The highest BCUT2D eigenvalue weighted by Gasteiger charge is 2.21. The van der Waals surface area contributed by atoms with Crippen molar-refractivity contribution >= 4 is 23.4 Å². The number of hydrogen-bond donors (Lipinski definition) is 1. The van der Waals surface area contributed by atoms with E-state index in [1.54, 1.807) is 23.1 Å². The summed E-state index contributed by atoms with van der Waals surface area (Å²) >= 11 is 6.20. The van der Waals surface area contributed by atoms with Crippen molar-refractivity contribution < 1.29 is 14.0 Å². The van der Waals surface area contributed by atoms with E-state index in [0.29, 0.717) is 22.9 Å². The molecule has 3 aromatic rings. The zero-order valence-electron chi connectivity index (χ0n) is 14.6. The number of hydrogen-bond acceptors (Lipinski definition) is 3. The molecule has 1 aromatic heterocycles. The second-order valence-electron chi connectivity index (χ2n) is 6.07. The maximum Gasteiger partial charge on any atom is 0.289 e. The lowest BCUT2D eigenvalue weighted by atomic mass is 10.2. The van der Waals surface area contributed by atoms with Gasteiger partial charge in [-0.25, -0.2) is 0 Å². The first-order valence-electron chi connectivity index (χ1n) is 8.51. The Labute approximate surface area is 162 Å². The van der Waals surface area contributed by atoms with E-state index in [-0.39, 0.29) is 24.6 Å². The Morgan fingerprint density at radius 1 is 0.963 bits per heavy atom. The Hall–Kier alpha value is -3.05. The van der Waals surface area contributed by atoms with E-state index in [0.717, 1.165) is 5.56 Å². The number of rotatable bonds is 7. The molecular formula is C21H19ClN2O3. The van der Waals surface area contributed by atoms with Gasteiger partial charge in [0.05, 0.1) is 5.02 Å². The number of nitrogens with zero attached hydrogens (tertiary/aromatic N) is 1. The molecule has 27 heavy (non-hydrogen) atoms. The number of amides is 2. The number of nitrogens with two attached hydrogens (primary N) is 1. The molecule has 2 amide bonds. The van der Waals surface area contributed by atoms with E-state index >= 15 is 0 Å². The second kappa shape index (κ2) is 8.56. The summed E-state index contributed by atoms with van der Waals surface area (Å²) in [5.74, 6) is -0.0701. The zero-order valence-corrected chi connectivity index (χ0v) is 15.4. The van der Waals surface area contributed by atoms with Gasteiger partial charge in [-0.1, -0.05) is 54.1 Å². The number of carbonyl (C=O) groups is 2. The van der Waals surface area contributed by atoms with Crippen molar-refractivity contribution in [2.75, 3.05) is 6.54 Å². The van der Waals surface area contributed by atoms with Gasteiger partial charge in [0.15, 0.2) is 5.76 Å². The highest BCUT2D eigenvalue weighted by atomic mass is 35.5. The number of halogens is 1. The third kappa shape index (κ3) is 4.77. The SMILES string of the molecule is NC(=O)CCN(Cc1ccccc1)C(=O)c1ccc(-c2ccccc2Cl)o1. The molecule has 3 rings (SSSR count). The maximum atomic E-state index is 12.9. The molecule has 138 valence electrons. The van der Waals surface area contributed by atoms with Crippen LogP contribution < -0.4 is 5.73 Å². The van der Waals surface area contributed by atoms with E-state index in [2.05, 4.69) is 0 Å². The first kappa shape index (κ1) is 18.7. The monoisotopic (exact) mass is 382 g/mol. The van der Waals surface area contributed by atoms with Crippen LogP contribution in [-0.4, -0.2) is 23.3 Å². The van der Waals surface area contributed by atoms with E-state index in [4.69, 9.17) is 21.8 Å². The molecule has 0 spiro atoms. The van der Waals surface area contributed by atoms with Crippen LogP contribution in [0.5, 0.6) is 0 Å². The maximum absolute atomic E-state index is 12.9. The van der Waals surface area contributed by atoms with Gasteiger partial charge in [0.25, 0.3) is 5.91 Å². The fourth-order valence-electron chi connectivity index (χ4n) is 2.72. The van der Waals surface area contributed by atoms with Crippen LogP contribution in [0, 0.1) is 0 Å². The van der Waals surface area contributed by atoms with Crippen LogP contribution in [0.2, 0.25) is 5.02 Å². The highest BCUT2D eigenvalue weighted by Crippen LogP contribution is 2.29. The van der Waals surface area contributed by atoms with E-state index in [1.807, 2.05) is 48.5 Å². The van der Waals surface area contributed by atoms with Crippen molar-refractivity contribution in [2.45, 2.75) is 13.0 Å². The summed E-state index contributed by atoms with van der Waals surface area (Å²) in [4.78, 5) is 25.7. The molecule has 0 saturated carbocycles. The van der Waals surface area contributed by atoms with Crippen LogP contribution in [0.15, 0.2) is 71.1 Å². The molecule has 0 aliphatic heterocycles. The molecule has 2 aromatic carbocycles. The van der Waals surface area contributed by atoms with Crippen LogP contribution >= 0.6 is 11.6 Å². The quantitative estimate of drug-likeness (QED) is 0.667. The van der Waals surface area contributed by atoms with Gasteiger partial charge < -0.3 is 15.1 Å². The van der Waals surface area contributed by atoms with Crippen molar-refractivity contribution in [3.05, 3.63) is 83.1 Å². The van der Waals surface area contributed by atoms with Gasteiger partial charge in [0.1, 0.15) is 5.76 Å². The molecule has 0 aliphatic rings. The molecule has 0 radical (unpaired) electrons. The van der Waals surface area contributed by atoms with Crippen molar-refractivity contribution in [1.29, 1.82) is 0 Å². The lowest BCUT2D eigenvalue weighted by Crippen LogP contribution is -2.33. The molecule has 1 heterocycles. The Balaban J connectivity index is 1.83. The predicted octanol–water partition coefficient (Wildman–Crippen LogP) is 4.12. The predicted molar refractivity (Wildman–Crippen MR) is 104 cm³/mol. The molecule has 0 bridgehead atoms. The van der Waals surface area contributed by atoms with Crippen molar-refractivity contribution in [3.8, 4) is 11.3 Å². The minimum atomic E-state index is -0.461. The van der Waals surface area contributed by atoms with E-state index < -0.39 is 5.91 Å². The van der Waals surface area contributed by atoms with Gasteiger partial charge in [-0.2, -0.15) is 0 Å². The Kier molecular flexibility index (Phi) is 5.94. The van der Waals surface area contributed by atoms with Crippen LogP contribution in [-0.2, 0) is 11.3 Å². The summed E-state index contributed by atoms with van der Waals surface area (Å²) in [7, 11) is 0. The molecule has 0 saturated heterocycles. The minimum Gasteiger partial charge on any atom is -0.451 e. The smallest absolute Gasteiger partial charge is 0.289 e. The van der Waals surface area contributed by atoms with Gasteiger partial charge in [-0.05, 0) is 29.8 Å². The number of benzene rings is 2. The van der Waals surface area contributed by atoms with Gasteiger partial charge >= 0.3 is 0 Å². The normalized spacial score (nSPS) is 10.6. The van der Waals surface area contributed by atoms with Gasteiger partial charge in [0.2, 0.25) is 5.91 Å². The molecule has 0 fully saturated rings. The summed E-state index contributed by atoms with van der Waals surface area (Å²) in [5, 5.41) is 0.542. The first-order valence-corrected chi connectivity index (χ1v) is 8.88. The minimum absolute atomic E-state index is 0.0800. The molecule has 5 nitrogen and oxygen atoms in total. The molecular weight excluding hydrogens is 364 g/mol. The summed E-state index contributed by atoms with van der Waals surface area (Å²) in [5.41, 5.74) is 6.92. The van der Waals surface area contributed by atoms with Gasteiger partial charge in [0, 0.05) is 25.1 Å². The lowest BCUT2D eigenvalue weighted by molar-refractivity contribution is -0.118. The fraction of sp³-hybridized carbons (Fsp3) is 0.143. The number of furan rings is 1. The van der Waals surface area contributed by atoms with E-state index in [9.17, 15) is 9.59 Å². The standard InChI is InChI=1S/C21H19ClN2O3/c22-17-9-5-4-8-16(17)18-10-11-19(27-18)21(26)24(13-12-20(23)25)14-15-6-2-1-3-7-15/h1-11H,12-14H2,(H2,23,25). The largest absolute Gasteiger partial charge is 0.451 e. The Morgan fingerprint density at radius 3 is 2.37 bits per heavy atom. The van der Waals surface area contributed by atoms with Crippen LogP contribution in [0.3, 0.4) is 0 Å². The highest BCUT2D eigenvalue weighted by molar-refractivity contribution is 6.33. The zero-order chi connectivity index (χ0) is 19.2. The molecule has 6 heteroatoms. The van der Waals surface area contributed by atoms with Gasteiger partial charge in [-0.15, -0.1) is 0 Å². The first-order chi connectivity index (χ1) is 13.0. The average molecular weight is 383 g/mol. The van der Waals surface area contributed by atoms with E-state index in [1.165, 1.54) is 0 Å². The molecule has 0 atom stereocenters. The third-order valence-corrected chi connectivity index (χ3v) is 4.42. The average Bonchev–Trinajstić information content (AvgIpc) is 3.15. The Morgan fingerprint density at radius 2 is 1.67 bits per heavy atom. The van der Waals surface area contributed by atoms with Crippen LogP contribution in [0.4, 0.5) is 0 Å². The Bertz CT molecular complexity index is 937. The van der Waals surface area contributed by atoms with Crippen molar-refractivity contribution in [2.24, 2.45) is 5.73 Å². The third-order valence-electron chi connectivity index (χ3n) is 4.09. The molecule has 0 aliphatic carbocycles. The van der Waals surface area contributed by atoms with Crippen LogP contribution in [0.1, 0.15) is 22.5 Å².